The Morgan fingerprint density at radius 1 is 1.15 bits per heavy atom. The minimum absolute atomic E-state index is 0.0237. The molecule has 1 aromatic heterocycles. The summed E-state index contributed by atoms with van der Waals surface area (Å²) < 4.78 is 2.34. The first-order valence-corrected chi connectivity index (χ1v) is 9.29. The molecule has 1 fully saturated rings. The third-order valence-corrected chi connectivity index (χ3v) is 5.33. The Balaban J connectivity index is 2.01. The van der Waals surface area contributed by atoms with Gasteiger partial charge in [0, 0.05) is 54.7 Å². The van der Waals surface area contributed by atoms with Crippen LogP contribution in [-0.4, -0.2) is 68.6 Å². The van der Waals surface area contributed by atoms with Crippen LogP contribution < -0.4 is 0 Å². The maximum absolute atomic E-state index is 12.1. The number of hydrogen-bond donors (Lipinski definition) is 2. The van der Waals surface area contributed by atoms with Gasteiger partial charge in [0.25, 0.3) is 0 Å². The Kier molecular flexibility index (Phi) is 5.52. The number of carboxylic acids is 2. The first-order valence-electron chi connectivity index (χ1n) is 8.50. The fourth-order valence-corrected chi connectivity index (χ4v) is 3.92. The molecule has 27 heavy (non-hydrogen) atoms. The van der Waals surface area contributed by atoms with Crippen LogP contribution in [0.5, 0.6) is 0 Å². The van der Waals surface area contributed by atoms with Crippen molar-refractivity contribution in [3.63, 3.8) is 0 Å². The quantitative estimate of drug-likeness (QED) is 0.738. The normalized spacial score (nSPS) is 16.4. The van der Waals surface area contributed by atoms with Crippen LogP contribution in [0.4, 0.5) is 0 Å². The lowest BCUT2D eigenvalue weighted by atomic mass is 10.0. The molecule has 1 aliphatic rings. The number of piperazine rings is 1. The van der Waals surface area contributed by atoms with Crippen molar-refractivity contribution in [2.24, 2.45) is 0 Å². The zero-order valence-corrected chi connectivity index (χ0v) is 16.3. The summed E-state index contributed by atoms with van der Waals surface area (Å²) in [5, 5.41) is 19.8. The number of rotatable bonds is 5. The van der Waals surface area contributed by atoms with Gasteiger partial charge in [-0.25, -0.2) is 0 Å². The van der Waals surface area contributed by atoms with Crippen LogP contribution in [0.3, 0.4) is 0 Å². The molecule has 2 aromatic rings. The third kappa shape index (κ3) is 3.98. The molecule has 3 rings (SSSR count). The van der Waals surface area contributed by atoms with Gasteiger partial charge in [-0.3, -0.25) is 19.3 Å². The number of carbonyl (C=O) groups excluding carboxylic acids is 1. The van der Waals surface area contributed by atoms with E-state index < -0.39 is 18.0 Å². The summed E-state index contributed by atoms with van der Waals surface area (Å²) >= 11 is 3.38. The molecule has 1 unspecified atom stereocenters. The molecular weight excluding hydrogens is 418 g/mol. The van der Waals surface area contributed by atoms with E-state index >= 15 is 0 Å². The second-order valence-electron chi connectivity index (χ2n) is 6.55. The van der Waals surface area contributed by atoms with Crippen LogP contribution in [-0.2, 0) is 20.9 Å². The van der Waals surface area contributed by atoms with E-state index in [4.69, 9.17) is 0 Å². The summed E-state index contributed by atoms with van der Waals surface area (Å²) in [7, 11) is 0. The van der Waals surface area contributed by atoms with Gasteiger partial charge in [0.05, 0.1) is 5.52 Å². The number of amides is 1. The van der Waals surface area contributed by atoms with E-state index in [1.165, 1.54) is 6.92 Å². The van der Waals surface area contributed by atoms with Gasteiger partial charge < -0.3 is 19.7 Å². The van der Waals surface area contributed by atoms with Crippen LogP contribution >= 0.6 is 15.9 Å². The third-order valence-electron chi connectivity index (χ3n) is 4.83. The Bertz CT molecular complexity index is 902. The van der Waals surface area contributed by atoms with Gasteiger partial charge in [-0.05, 0) is 12.1 Å². The van der Waals surface area contributed by atoms with Gasteiger partial charge in [-0.1, -0.05) is 22.0 Å². The summed E-state index contributed by atoms with van der Waals surface area (Å²) in [5.74, 6) is -2.02. The molecule has 8 nitrogen and oxygen atoms in total. The monoisotopic (exact) mass is 437 g/mol. The van der Waals surface area contributed by atoms with Gasteiger partial charge >= 0.3 is 11.9 Å². The molecule has 144 valence electrons. The number of nitrogens with zero attached hydrogens (tertiary/aromatic N) is 3. The van der Waals surface area contributed by atoms with Gasteiger partial charge in [-0.15, -0.1) is 0 Å². The van der Waals surface area contributed by atoms with E-state index in [1.807, 2.05) is 11.0 Å². The number of fused-ring (bicyclic) bond motifs is 1. The van der Waals surface area contributed by atoms with Crippen LogP contribution in [0.1, 0.15) is 18.5 Å². The number of aromatic nitrogens is 1. The average Bonchev–Trinajstić information content (AvgIpc) is 2.92. The zero-order valence-electron chi connectivity index (χ0n) is 14.8. The number of hydrogen-bond acceptors (Lipinski definition) is 4. The SMILES string of the molecule is CC(=O)N1CCN(C(C(=O)O)c2cn(CC(=O)O)c3cc(Br)ccc23)CC1. The summed E-state index contributed by atoms with van der Waals surface area (Å²) in [6, 6.07) is 4.49. The molecule has 9 heteroatoms. The Morgan fingerprint density at radius 2 is 1.81 bits per heavy atom. The number of carbonyl (C=O) groups is 3. The van der Waals surface area contributed by atoms with Crippen molar-refractivity contribution < 1.29 is 24.6 Å². The van der Waals surface area contributed by atoms with Gasteiger partial charge in [-0.2, -0.15) is 0 Å². The summed E-state index contributed by atoms with van der Waals surface area (Å²) in [6.07, 6.45) is 1.61. The molecule has 1 amide bonds. The topological polar surface area (TPSA) is 103 Å². The fraction of sp³-hybridized carbons (Fsp3) is 0.389. The van der Waals surface area contributed by atoms with Crippen molar-refractivity contribution in [1.82, 2.24) is 14.4 Å². The highest BCUT2D eigenvalue weighted by atomic mass is 79.9. The number of carboxylic acid groups (broad SMARTS) is 2. The van der Waals surface area contributed by atoms with E-state index in [0.717, 1.165) is 4.47 Å². The fourth-order valence-electron chi connectivity index (χ4n) is 3.57. The molecule has 1 saturated heterocycles. The lowest BCUT2D eigenvalue weighted by Gasteiger charge is -2.37. The maximum Gasteiger partial charge on any atom is 0.325 e. The van der Waals surface area contributed by atoms with Gasteiger partial charge in [0.1, 0.15) is 12.6 Å². The average molecular weight is 438 g/mol. The van der Waals surface area contributed by atoms with Crippen molar-refractivity contribution in [3.8, 4) is 0 Å². The van der Waals surface area contributed by atoms with Crippen molar-refractivity contribution in [2.45, 2.75) is 19.5 Å². The predicted octanol–water partition coefficient (Wildman–Crippen LogP) is 1.78. The summed E-state index contributed by atoms with van der Waals surface area (Å²) in [6.45, 7) is 3.08. The molecular formula is C18H20BrN3O5. The first kappa shape index (κ1) is 19.4. The lowest BCUT2D eigenvalue weighted by Crippen LogP contribution is -2.50. The van der Waals surface area contributed by atoms with Crippen LogP contribution in [0.15, 0.2) is 28.9 Å². The van der Waals surface area contributed by atoms with Crippen molar-refractivity contribution in [3.05, 3.63) is 34.4 Å². The van der Waals surface area contributed by atoms with E-state index in [-0.39, 0.29) is 12.5 Å². The van der Waals surface area contributed by atoms with Gasteiger partial charge in [0.2, 0.25) is 5.91 Å². The maximum atomic E-state index is 12.1. The molecule has 0 spiro atoms. The second-order valence-corrected chi connectivity index (χ2v) is 7.47. The number of aliphatic carboxylic acids is 2. The minimum Gasteiger partial charge on any atom is -0.480 e. The molecule has 2 N–H and O–H groups in total. The molecule has 0 aliphatic carbocycles. The number of benzene rings is 1. The van der Waals surface area contributed by atoms with E-state index in [0.29, 0.717) is 42.6 Å². The molecule has 1 atom stereocenters. The lowest BCUT2D eigenvalue weighted by molar-refractivity contribution is -0.145. The Hall–Kier alpha value is -2.39. The molecule has 0 bridgehead atoms. The number of halogens is 1. The highest BCUT2D eigenvalue weighted by Gasteiger charge is 2.33. The van der Waals surface area contributed by atoms with Crippen LogP contribution in [0.2, 0.25) is 0 Å². The zero-order chi connectivity index (χ0) is 19.7. The molecule has 1 aliphatic heterocycles. The standard InChI is InChI=1S/C18H20BrN3O5/c1-11(23)20-4-6-21(7-5-20)17(18(26)27)14-9-22(10-16(24)25)15-8-12(19)2-3-13(14)15/h2-3,8-9,17H,4-7,10H2,1H3,(H,24,25)(H,26,27). The molecule has 2 heterocycles. The van der Waals surface area contributed by atoms with Gasteiger partial charge in [0.15, 0.2) is 0 Å². The van der Waals surface area contributed by atoms with E-state index in [9.17, 15) is 24.6 Å². The Labute approximate surface area is 164 Å². The molecule has 1 aromatic carbocycles. The Morgan fingerprint density at radius 3 is 2.37 bits per heavy atom. The van der Waals surface area contributed by atoms with E-state index in [1.54, 1.807) is 27.8 Å². The predicted molar refractivity (Wildman–Crippen MR) is 101 cm³/mol. The summed E-state index contributed by atoms with van der Waals surface area (Å²) in [4.78, 5) is 38.4. The molecule has 0 saturated carbocycles. The second kappa shape index (κ2) is 7.69. The van der Waals surface area contributed by atoms with Crippen molar-refractivity contribution >= 4 is 44.7 Å². The van der Waals surface area contributed by atoms with Crippen LogP contribution in [0, 0.1) is 0 Å². The van der Waals surface area contributed by atoms with Crippen molar-refractivity contribution in [1.29, 1.82) is 0 Å². The first-order chi connectivity index (χ1) is 12.8. The minimum atomic E-state index is -1.000. The summed E-state index contributed by atoms with van der Waals surface area (Å²) in [5.41, 5.74) is 1.22. The smallest absolute Gasteiger partial charge is 0.325 e. The van der Waals surface area contributed by atoms with Crippen molar-refractivity contribution in [2.75, 3.05) is 26.2 Å². The highest BCUT2D eigenvalue weighted by Crippen LogP contribution is 2.33. The van der Waals surface area contributed by atoms with E-state index in [2.05, 4.69) is 15.9 Å². The largest absolute Gasteiger partial charge is 0.480 e. The highest BCUT2D eigenvalue weighted by molar-refractivity contribution is 9.10. The molecule has 0 radical (unpaired) electrons. The van der Waals surface area contributed by atoms with Crippen LogP contribution in [0.25, 0.3) is 10.9 Å².